The van der Waals surface area contributed by atoms with Gasteiger partial charge in [-0.1, -0.05) is 18.2 Å². The largest absolute Gasteiger partial charge is 0.497 e. The van der Waals surface area contributed by atoms with Crippen LogP contribution in [0.25, 0.3) is 0 Å². The zero-order valence-corrected chi connectivity index (χ0v) is 22.3. The average molecular weight is 512 g/mol. The number of anilines is 1. The first-order valence-electron chi connectivity index (χ1n) is 12.4. The lowest BCUT2D eigenvalue weighted by Gasteiger charge is -2.35. The Hall–Kier alpha value is -3.59. The molecular formula is C28H37N3O6. The summed E-state index contributed by atoms with van der Waals surface area (Å²) in [6, 6.07) is 10.2. The van der Waals surface area contributed by atoms with Crippen LogP contribution in [0, 0.1) is 13.8 Å². The summed E-state index contributed by atoms with van der Waals surface area (Å²) in [6.07, 6.45) is 0.614. The van der Waals surface area contributed by atoms with Gasteiger partial charge in [-0.3, -0.25) is 9.59 Å². The molecule has 0 saturated heterocycles. The maximum Gasteiger partial charge on any atom is 0.408 e. The van der Waals surface area contributed by atoms with Crippen molar-refractivity contribution in [1.82, 2.24) is 10.2 Å². The molecule has 1 aliphatic carbocycles. The lowest BCUT2D eigenvalue weighted by atomic mass is 9.93. The number of nitrogens with zero attached hydrogens (tertiary/aromatic N) is 1. The van der Waals surface area contributed by atoms with Crippen LogP contribution in [0.1, 0.15) is 56.3 Å². The SMILES string of the molecule is COc1ccc(NC(=O)C(c2c(C)cccc2C)N(C(=O)C(CO)NC(=O)OC(C)(C)C)C2CC2)cc1. The highest BCUT2D eigenvalue weighted by molar-refractivity contribution is 5.99. The van der Waals surface area contributed by atoms with E-state index in [1.54, 1.807) is 52.1 Å². The number of benzene rings is 2. The molecule has 0 aromatic heterocycles. The summed E-state index contributed by atoms with van der Waals surface area (Å²) in [7, 11) is 1.56. The average Bonchev–Trinajstić information content (AvgIpc) is 3.66. The molecule has 2 aromatic carbocycles. The maximum atomic E-state index is 13.9. The lowest BCUT2D eigenvalue weighted by Crippen LogP contribution is -2.54. The second-order valence-corrected chi connectivity index (χ2v) is 10.3. The summed E-state index contributed by atoms with van der Waals surface area (Å²) in [5.41, 5.74) is 2.20. The van der Waals surface area contributed by atoms with E-state index >= 15 is 0 Å². The van der Waals surface area contributed by atoms with Crippen LogP contribution in [-0.2, 0) is 14.3 Å². The van der Waals surface area contributed by atoms with Crippen molar-refractivity contribution in [2.24, 2.45) is 0 Å². The molecule has 0 radical (unpaired) electrons. The number of alkyl carbamates (subject to hydrolysis) is 1. The van der Waals surface area contributed by atoms with Crippen LogP contribution < -0.4 is 15.4 Å². The van der Waals surface area contributed by atoms with E-state index in [4.69, 9.17) is 9.47 Å². The first-order chi connectivity index (χ1) is 17.4. The summed E-state index contributed by atoms with van der Waals surface area (Å²) < 4.78 is 10.5. The van der Waals surface area contributed by atoms with Gasteiger partial charge in [0.05, 0.1) is 13.7 Å². The van der Waals surface area contributed by atoms with Crippen LogP contribution in [0.3, 0.4) is 0 Å². The molecule has 1 fully saturated rings. The van der Waals surface area contributed by atoms with Gasteiger partial charge < -0.3 is 30.1 Å². The number of nitrogens with one attached hydrogen (secondary N) is 2. The van der Waals surface area contributed by atoms with E-state index in [2.05, 4.69) is 10.6 Å². The van der Waals surface area contributed by atoms with Gasteiger partial charge in [-0.2, -0.15) is 0 Å². The summed E-state index contributed by atoms with van der Waals surface area (Å²) in [6.45, 7) is 8.28. The van der Waals surface area contributed by atoms with E-state index in [-0.39, 0.29) is 6.04 Å². The minimum Gasteiger partial charge on any atom is -0.497 e. The summed E-state index contributed by atoms with van der Waals surface area (Å²) in [4.78, 5) is 41.6. The first kappa shape index (κ1) is 28.0. The number of aliphatic hydroxyl groups is 1. The fourth-order valence-corrected chi connectivity index (χ4v) is 4.23. The molecule has 2 atom stereocenters. The van der Waals surface area contributed by atoms with E-state index in [0.29, 0.717) is 29.8 Å². The van der Waals surface area contributed by atoms with Crippen LogP contribution in [0.15, 0.2) is 42.5 Å². The Morgan fingerprint density at radius 1 is 1.05 bits per heavy atom. The fraction of sp³-hybridized carbons (Fsp3) is 0.464. The number of hydrogen-bond donors (Lipinski definition) is 3. The van der Waals surface area contributed by atoms with Crippen LogP contribution in [0.2, 0.25) is 0 Å². The van der Waals surface area contributed by atoms with E-state index in [1.807, 2.05) is 32.0 Å². The molecule has 3 N–H and O–H groups in total. The second-order valence-electron chi connectivity index (χ2n) is 10.3. The van der Waals surface area contributed by atoms with Gasteiger partial charge in [-0.05, 0) is 88.4 Å². The van der Waals surface area contributed by atoms with E-state index < -0.39 is 42.2 Å². The molecular weight excluding hydrogens is 474 g/mol. The molecule has 9 nitrogen and oxygen atoms in total. The number of methoxy groups -OCH3 is 1. The first-order valence-corrected chi connectivity index (χ1v) is 12.4. The number of carbonyl (C=O) groups excluding carboxylic acids is 3. The van der Waals surface area contributed by atoms with E-state index in [0.717, 1.165) is 11.1 Å². The van der Waals surface area contributed by atoms with Crippen molar-refractivity contribution < 1.29 is 29.0 Å². The Bertz CT molecular complexity index is 1100. The monoisotopic (exact) mass is 511 g/mol. The Balaban J connectivity index is 1.98. The van der Waals surface area contributed by atoms with Gasteiger partial charge in [0.15, 0.2) is 0 Å². The molecule has 3 rings (SSSR count). The van der Waals surface area contributed by atoms with Gasteiger partial charge in [-0.25, -0.2) is 4.79 Å². The van der Waals surface area contributed by atoms with Gasteiger partial charge in [0.25, 0.3) is 5.91 Å². The predicted octanol–water partition coefficient (Wildman–Crippen LogP) is 3.87. The van der Waals surface area contributed by atoms with Crippen molar-refractivity contribution in [2.75, 3.05) is 19.0 Å². The molecule has 0 spiro atoms. The summed E-state index contributed by atoms with van der Waals surface area (Å²) >= 11 is 0. The zero-order chi connectivity index (χ0) is 27.3. The highest BCUT2D eigenvalue weighted by Gasteiger charge is 2.44. The molecule has 3 amide bonds. The Morgan fingerprint density at radius 3 is 2.14 bits per heavy atom. The minimum atomic E-state index is -1.27. The second kappa shape index (κ2) is 11.6. The molecule has 200 valence electrons. The molecule has 1 aliphatic rings. The minimum absolute atomic E-state index is 0.201. The third kappa shape index (κ3) is 7.22. The predicted molar refractivity (Wildman–Crippen MR) is 140 cm³/mol. The van der Waals surface area contributed by atoms with Gasteiger partial charge in [0.2, 0.25) is 5.91 Å². The molecule has 0 bridgehead atoms. The van der Waals surface area contributed by atoms with Gasteiger partial charge in [0, 0.05) is 11.7 Å². The van der Waals surface area contributed by atoms with Gasteiger partial charge in [-0.15, -0.1) is 0 Å². The van der Waals surface area contributed by atoms with E-state index in [9.17, 15) is 19.5 Å². The lowest BCUT2D eigenvalue weighted by molar-refractivity contribution is -0.142. The smallest absolute Gasteiger partial charge is 0.408 e. The van der Waals surface area contributed by atoms with Crippen LogP contribution in [0.5, 0.6) is 5.75 Å². The van der Waals surface area contributed by atoms with Crippen LogP contribution in [-0.4, -0.2) is 59.3 Å². The molecule has 0 aliphatic heterocycles. The van der Waals surface area contributed by atoms with Gasteiger partial charge in [0.1, 0.15) is 23.4 Å². The molecule has 0 heterocycles. The summed E-state index contributed by atoms with van der Waals surface area (Å²) in [5, 5.41) is 15.5. The van der Waals surface area contributed by atoms with Crippen molar-refractivity contribution in [3.63, 3.8) is 0 Å². The molecule has 2 aromatic rings. The van der Waals surface area contributed by atoms with Crippen molar-refractivity contribution >= 4 is 23.6 Å². The number of aliphatic hydroxyl groups excluding tert-OH is 1. The van der Waals surface area contributed by atoms with Crippen LogP contribution >= 0.6 is 0 Å². The quantitative estimate of drug-likeness (QED) is 0.471. The normalized spacial score (nSPS) is 14.8. The maximum absolute atomic E-state index is 13.9. The Kier molecular flexibility index (Phi) is 8.81. The third-order valence-electron chi connectivity index (χ3n) is 6.07. The Labute approximate surface area is 218 Å². The highest BCUT2D eigenvalue weighted by atomic mass is 16.6. The molecule has 1 saturated carbocycles. The number of aryl methyl sites for hydroxylation is 2. The van der Waals surface area contributed by atoms with Crippen molar-refractivity contribution in [3.8, 4) is 5.75 Å². The van der Waals surface area contributed by atoms with Gasteiger partial charge >= 0.3 is 6.09 Å². The van der Waals surface area contributed by atoms with Crippen molar-refractivity contribution in [1.29, 1.82) is 0 Å². The number of ether oxygens (including phenoxy) is 2. The number of amides is 3. The zero-order valence-electron chi connectivity index (χ0n) is 22.3. The molecule has 37 heavy (non-hydrogen) atoms. The van der Waals surface area contributed by atoms with Crippen LogP contribution in [0.4, 0.5) is 10.5 Å². The topological polar surface area (TPSA) is 117 Å². The fourth-order valence-electron chi connectivity index (χ4n) is 4.23. The van der Waals surface area contributed by atoms with Crippen molar-refractivity contribution in [3.05, 3.63) is 59.2 Å². The number of rotatable bonds is 9. The standard InChI is InChI=1S/C28H37N3O6/c1-17-8-7-9-18(2)23(17)24(25(33)29-19-10-14-21(36-6)15-11-19)31(20-12-13-20)26(34)22(16-32)30-27(35)37-28(3,4)5/h7-11,14-15,20,22,24,32H,12-13,16H2,1-6H3,(H,29,33)(H,30,35). The number of carbonyl (C=O) groups is 3. The number of hydrogen-bond acceptors (Lipinski definition) is 6. The molecule has 9 heteroatoms. The van der Waals surface area contributed by atoms with E-state index in [1.165, 1.54) is 4.90 Å². The summed E-state index contributed by atoms with van der Waals surface area (Å²) in [5.74, 6) is -0.289. The molecule has 2 unspecified atom stereocenters. The Morgan fingerprint density at radius 2 is 1.65 bits per heavy atom. The third-order valence-corrected chi connectivity index (χ3v) is 6.07. The highest BCUT2D eigenvalue weighted by Crippen LogP contribution is 2.38. The van der Waals surface area contributed by atoms with Crippen molar-refractivity contribution in [2.45, 2.75) is 71.2 Å².